The fraction of sp³-hybridized carbons (Fsp3) is 0.200. The second-order valence-electron chi connectivity index (χ2n) is 5.88. The molecule has 1 heterocycles. The highest BCUT2D eigenvalue weighted by atomic mass is 16.5. The number of amides is 1. The lowest BCUT2D eigenvalue weighted by atomic mass is 10.0. The average Bonchev–Trinajstić information content (AvgIpc) is 2.97. The number of nitrogens with zero attached hydrogens (tertiary/aromatic N) is 1. The summed E-state index contributed by atoms with van der Waals surface area (Å²) in [5.74, 6) is 0.340. The molecule has 0 aliphatic carbocycles. The number of aryl methyl sites for hydroxylation is 2. The largest absolute Gasteiger partial charge is 0.360 e. The maximum atomic E-state index is 12.8. The van der Waals surface area contributed by atoms with E-state index in [0.717, 1.165) is 16.7 Å². The summed E-state index contributed by atoms with van der Waals surface area (Å²) >= 11 is 0. The van der Waals surface area contributed by atoms with Crippen LogP contribution < -0.4 is 5.32 Å². The fourth-order valence-electron chi connectivity index (χ4n) is 2.85. The van der Waals surface area contributed by atoms with E-state index in [-0.39, 0.29) is 11.9 Å². The maximum absolute atomic E-state index is 12.8. The standard InChI is InChI=1S/C20H20N2O2/c1-13-9-7-8-12-17(13)14(2)21-20(23)18-15(3)24-22-19(18)16-10-5-4-6-11-16/h4-12,14H,1-3H3,(H,21,23). The number of carbonyl (C=O) groups excluding carboxylic acids is 1. The smallest absolute Gasteiger partial charge is 0.257 e. The lowest BCUT2D eigenvalue weighted by molar-refractivity contribution is 0.0939. The fourth-order valence-corrected chi connectivity index (χ4v) is 2.85. The highest BCUT2D eigenvalue weighted by molar-refractivity contribution is 6.00. The third kappa shape index (κ3) is 3.08. The summed E-state index contributed by atoms with van der Waals surface area (Å²) in [6.45, 7) is 5.77. The molecule has 1 aromatic heterocycles. The molecule has 2 aromatic carbocycles. The van der Waals surface area contributed by atoms with E-state index >= 15 is 0 Å². The summed E-state index contributed by atoms with van der Waals surface area (Å²) in [6.07, 6.45) is 0. The van der Waals surface area contributed by atoms with Gasteiger partial charge in [0.15, 0.2) is 0 Å². The molecule has 1 amide bonds. The van der Waals surface area contributed by atoms with Crippen LogP contribution in [0.15, 0.2) is 59.1 Å². The Morgan fingerprint density at radius 2 is 1.71 bits per heavy atom. The number of carbonyl (C=O) groups is 1. The van der Waals surface area contributed by atoms with Gasteiger partial charge in [-0.25, -0.2) is 0 Å². The van der Waals surface area contributed by atoms with E-state index in [4.69, 9.17) is 4.52 Å². The number of aromatic nitrogens is 1. The van der Waals surface area contributed by atoms with Gasteiger partial charge in [0.05, 0.1) is 6.04 Å². The number of benzene rings is 2. The molecule has 0 saturated carbocycles. The van der Waals surface area contributed by atoms with Crippen molar-refractivity contribution in [2.75, 3.05) is 0 Å². The van der Waals surface area contributed by atoms with Crippen molar-refractivity contribution in [3.05, 3.63) is 77.0 Å². The van der Waals surface area contributed by atoms with Crippen molar-refractivity contribution in [1.82, 2.24) is 10.5 Å². The summed E-state index contributed by atoms with van der Waals surface area (Å²) in [4.78, 5) is 12.8. The van der Waals surface area contributed by atoms with Crippen LogP contribution in [0.5, 0.6) is 0 Å². The molecule has 1 atom stereocenters. The molecular formula is C20H20N2O2. The Labute approximate surface area is 141 Å². The molecule has 122 valence electrons. The van der Waals surface area contributed by atoms with E-state index < -0.39 is 0 Å². The van der Waals surface area contributed by atoms with Crippen LogP contribution in [0.3, 0.4) is 0 Å². The van der Waals surface area contributed by atoms with Crippen molar-refractivity contribution < 1.29 is 9.32 Å². The zero-order chi connectivity index (χ0) is 17.1. The molecular weight excluding hydrogens is 300 g/mol. The van der Waals surface area contributed by atoms with Gasteiger partial charge in [-0.1, -0.05) is 59.8 Å². The predicted octanol–water partition coefficient (Wildman–Crippen LogP) is 4.45. The van der Waals surface area contributed by atoms with Gasteiger partial charge in [-0.15, -0.1) is 0 Å². The Kier molecular flexibility index (Phi) is 4.47. The molecule has 0 saturated heterocycles. The maximum Gasteiger partial charge on any atom is 0.257 e. The van der Waals surface area contributed by atoms with Gasteiger partial charge in [-0.05, 0) is 31.9 Å². The molecule has 0 bridgehead atoms. The normalized spacial score (nSPS) is 12.0. The van der Waals surface area contributed by atoms with Crippen LogP contribution >= 0.6 is 0 Å². The molecule has 0 aliphatic heterocycles. The van der Waals surface area contributed by atoms with Gasteiger partial charge < -0.3 is 9.84 Å². The van der Waals surface area contributed by atoms with Crippen LogP contribution in [0.25, 0.3) is 11.3 Å². The van der Waals surface area contributed by atoms with E-state index in [1.165, 1.54) is 0 Å². The van der Waals surface area contributed by atoms with E-state index in [0.29, 0.717) is 17.0 Å². The molecule has 1 unspecified atom stereocenters. The Bertz CT molecular complexity index is 853. The van der Waals surface area contributed by atoms with Gasteiger partial charge in [-0.3, -0.25) is 4.79 Å². The third-order valence-corrected chi connectivity index (χ3v) is 4.14. The summed E-state index contributed by atoms with van der Waals surface area (Å²) in [5, 5.41) is 7.12. The van der Waals surface area contributed by atoms with Crippen LogP contribution in [0, 0.1) is 13.8 Å². The molecule has 3 rings (SSSR count). The molecule has 3 aromatic rings. The molecule has 0 radical (unpaired) electrons. The zero-order valence-electron chi connectivity index (χ0n) is 14.0. The van der Waals surface area contributed by atoms with Crippen molar-refractivity contribution >= 4 is 5.91 Å². The first-order chi connectivity index (χ1) is 11.6. The molecule has 24 heavy (non-hydrogen) atoms. The highest BCUT2D eigenvalue weighted by Gasteiger charge is 2.23. The second kappa shape index (κ2) is 6.71. The second-order valence-corrected chi connectivity index (χ2v) is 5.88. The first kappa shape index (κ1) is 16.0. The van der Waals surface area contributed by atoms with E-state index in [9.17, 15) is 4.79 Å². The van der Waals surface area contributed by atoms with Crippen molar-refractivity contribution in [2.45, 2.75) is 26.8 Å². The highest BCUT2D eigenvalue weighted by Crippen LogP contribution is 2.26. The minimum atomic E-state index is -0.177. The first-order valence-corrected chi connectivity index (χ1v) is 7.96. The van der Waals surface area contributed by atoms with E-state index in [2.05, 4.69) is 10.5 Å². The molecule has 4 nitrogen and oxygen atoms in total. The minimum Gasteiger partial charge on any atom is -0.360 e. The number of hydrogen-bond acceptors (Lipinski definition) is 3. The Balaban J connectivity index is 1.89. The number of hydrogen-bond donors (Lipinski definition) is 1. The minimum absolute atomic E-state index is 0.100. The first-order valence-electron chi connectivity index (χ1n) is 7.96. The van der Waals surface area contributed by atoms with Crippen LogP contribution in [0.1, 0.15) is 40.2 Å². The van der Waals surface area contributed by atoms with Gasteiger partial charge in [0, 0.05) is 5.56 Å². The molecule has 0 spiro atoms. The lowest BCUT2D eigenvalue weighted by Gasteiger charge is -2.16. The van der Waals surface area contributed by atoms with Crippen molar-refractivity contribution in [1.29, 1.82) is 0 Å². The summed E-state index contributed by atoms with van der Waals surface area (Å²) in [7, 11) is 0. The third-order valence-electron chi connectivity index (χ3n) is 4.14. The van der Waals surface area contributed by atoms with E-state index in [1.807, 2.05) is 68.4 Å². The number of nitrogens with one attached hydrogen (secondary N) is 1. The van der Waals surface area contributed by atoms with Crippen molar-refractivity contribution in [2.24, 2.45) is 0 Å². The topological polar surface area (TPSA) is 55.1 Å². The van der Waals surface area contributed by atoms with Gasteiger partial charge in [0.25, 0.3) is 5.91 Å². The predicted molar refractivity (Wildman–Crippen MR) is 93.7 cm³/mol. The molecule has 0 fully saturated rings. The Morgan fingerprint density at radius 3 is 2.42 bits per heavy atom. The van der Waals surface area contributed by atoms with Crippen LogP contribution in [0.4, 0.5) is 0 Å². The van der Waals surface area contributed by atoms with Crippen LogP contribution in [0.2, 0.25) is 0 Å². The summed E-state index contributed by atoms with van der Waals surface area (Å²) in [6, 6.07) is 17.5. The quantitative estimate of drug-likeness (QED) is 0.772. The van der Waals surface area contributed by atoms with Gasteiger partial charge in [0.2, 0.25) is 0 Å². The van der Waals surface area contributed by atoms with Crippen molar-refractivity contribution in [3.63, 3.8) is 0 Å². The van der Waals surface area contributed by atoms with Crippen LogP contribution in [-0.2, 0) is 0 Å². The summed E-state index contributed by atoms with van der Waals surface area (Å²) < 4.78 is 5.27. The molecule has 0 aliphatic rings. The number of rotatable bonds is 4. The SMILES string of the molecule is Cc1ccccc1C(C)NC(=O)c1c(-c2ccccc2)noc1C. The van der Waals surface area contributed by atoms with Gasteiger partial charge >= 0.3 is 0 Å². The Morgan fingerprint density at radius 1 is 1.04 bits per heavy atom. The molecule has 4 heteroatoms. The van der Waals surface area contributed by atoms with Gasteiger partial charge in [-0.2, -0.15) is 0 Å². The van der Waals surface area contributed by atoms with Crippen molar-refractivity contribution in [3.8, 4) is 11.3 Å². The molecule has 1 N–H and O–H groups in total. The van der Waals surface area contributed by atoms with Crippen LogP contribution in [-0.4, -0.2) is 11.1 Å². The van der Waals surface area contributed by atoms with Gasteiger partial charge in [0.1, 0.15) is 17.0 Å². The average molecular weight is 320 g/mol. The summed E-state index contributed by atoms with van der Waals surface area (Å²) in [5.41, 5.74) is 4.17. The Hall–Kier alpha value is -2.88. The van der Waals surface area contributed by atoms with E-state index in [1.54, 1.807) is 6.92 Å². The monoisotopic (exact) mass is 320 g/mol. The zero-order valence-corrected chi connectivity index (χ0v) is 14.0. The lowest BCUT2D eigenvalue weighted by Crippen LogP contribution is -2.27.